The summed E-state index contributed by atoms with van der Waals surface area (Å²) >= 11 is 0. The van der Waals surface area contributed by atoms with E-state index in [0.29, 0.717) is 37.1 Å². The molecule has 2 aromatic carbocycles. The molecule has 1 saturated heterocycles. The molecule has 2 heterocycles. The quantitative estimate of drug-likeness (QED) is 0.330. The number of halogens is 2. The number of aliphatic hydroxyl groups is 1. The van der Waals surface area contributed by atoms with E-state index in [-0.39, 0.29) is 42.0 Å². The summed E-state index contributed by atoms with van der Waals surface area (Å²) in [5.41, 5.74) is 0.633. The number of rotatable bonds is 9. The first kappa shape index (κ1) is 31.0. The molecule has 1 atom stereocenters. The summed E-state index contributed by atoms with van der Waals surface area (Å²) in [5.74, 6) is -1.35. The third kappa shape index (κ3) is 8.79. The Labute approximate surface area is 243 Å². The number of aromatic nitrogens is 2. The fraction of sp³-hybridized carbons (Fsp3) is 0.438. The van der Waals surface area contributed by atoms with Crippen molar-refractivity contribution in [2.75, 3.05) is 13.1 Å². The van der Waals surface area contributed by atoms with Crippen LogP contribution in [0.3, 0.4) is 0 Å². The molecule has 0 aliphatic carbocycles. The van der Waals surface area contributed by atoms with Gasteiger partial charge in [-0.2, -0.15) is 5.10 Å². The molecular formula is C32H37F2N3O5. The van der Waals surface area contributed by atoms with Gasteiger partial charge < -0.3 is 14.7 Å². The molecule has 0 saturated carbocycles. The van der Waals surface area contributed by atoms with E-state index >= 15 is 0 Å². The van der Waals surface area contributed by atoms with Gasteiger partial charge >= 0.3 is 6.09 Å². The molecule has 3 aromatic rings. The maximum Gasteiger partial charge on any atom is 0.410 e. The zero-order valence-electron chi connectivity index (χ0n) is 24.2. The van der Waals surface area contributed by atoms with Crippen LogP contribution in [0.5, 0.6) is 0 Å². The number of ketones is 1. The Morgan fingerprint density at radius 3 is 2.40 bits per heavy atom. The zero-order chi connectivity index (χ0) is 30.4. The fourth-order valence-electron chi connectivity index (χ4n) is 5.06. The number of nitrogens with zero attached hydrogens (tertiary/aromatic N) is 3. The number of hydrogen-bond donors (Lipinski definition) is 1. The van der Waals surface area contributed by atoms with Gasteiger partial charge in [-0.15, -0.1) is 0 Å². The number of ether oxygens (including phenoxy) is 1. The van der Waals surface area contributed by atoms with Crippen molar-refractivity contribution >= 4 is 11.9 Å². The van der Waals surface area contributed by atoms with Crippen molar-refractivity contribution in [3.8, 4) is 11.3 Å². The molecule has 10 heteroatoms. The Balaban J connectivity index is 1.30. The highest BCUT2D eigenvalue weighted by Crippen LogP contribution is 2.25. The van der Waals surface area contributed by atoms with E-state index in [1.807, 2.05) is 20.8 Å². The summed E-state index contributed by atoms with van der Waals surface area (Å²) in [4.78, 5) is 39.3. The van der Waals surface area contributed by atoms with Gasteiger partial charge in [0.15, 0.2) is 5.78 Å². The molecule has 0 radical (unpaired) electrons. The van der Waals surface area contributed by atoms with Crippen LogP contribution in [0, 0.1) is 17.6 Å². The standard InChI is InChI=1S/C32H37F2N3O5/c1-32(2,3)42-31(41)36-13-11-21(12-14-36)16-27(38)7-9-29(39)23-6-4-5-22(15-23)20-37-30(40)10-8-28(35-37)24-17-25(33)19-26(34)18-24/h4-6,8,10,15,17-19,21,27,38H,7,9,11-14,16,20H2,1-3H3. The van der Waals surface area contributed by atoms with Gasteiger partial charge in [0.2, 0.25) is 0 Å². The lowest BCUT2D eigenvalue weighted by molar-refractivity contribution is 0.0158. The number of aliphatic hydroxyl groups excluding tert-OH is 1. The van der Waals surface area contributed by atoms with Crippen LogP contribution >= 0.6 is 0 Å². The van der Waals surface area contributed by atoms with Crippen LogP contribution in [0.25, 0.3) is 11.3 Å². The minimum Gasteiger partial charge on any atom is -0.444 e. The molecular weight excluding hydrogens is 544 g/mol. The van der Waals surface area contributed by atoms with Gasteiger partial charge in [-0.1, -0.05) is 18.2 Å². The minimum atomic E-state index is -0.746. The van der Waals surface area contributed by atoms with Crippen molar-refractivity contribution in [1.29, 1.82) is 0 Å². The number of hydrogen-bond acceptors (Lipinski definition) is 6. The molecule has 1 amide bonds. The Bertz CT molecular complexity index is 1460. The Morgan fingerprint density at radius 2 is 1.74 bits per heavy atom. The number of carbonyl (C=O) groups is 2. The third-order valence-corrected chi connectivity index (χ3v) is 7.18. The number of Topliss-reactive ketones (excluding diaryl/α,β-unsaturated/α-hetero) is 1. The first-order chi connectivity index (χ1) is 19.9. The Hall–Kier alpha value is -3.92. The summed E-state index contributed by atoms with van der Waals surface area (Å²) in [6.45, 7) is 6.74. The first-order valence-electron chi connectivity index (χ1n) is 14.2. The summed E-state index contributed by atoms with van der Waals surface area (Å²) in [6.07, 6.45) is 1.65. The molecule has 1 aromatic heterocycles. The summed E-state index contributed by atoms with van der Waals surface area (Å²) in [6, 6.07) is 12.6. The van der Waals surface area contributed by atoms with Crippen molar-refractivity contribution in [1.82, 2.24) is 14.7 Å². The highest BCUT2D eigenvalue weighted by atomic mass is 19.1. The predicted octanol–water partition coefficient (Wildman–Crippen LogP) is 5.60. The van der Waals surface area contributed by atoms with Gasteiger partial charge in [-0.3, -0.25) is 9.59 Å². The smallest absolute Gasteiger partial charge is 0.410 e. The fourth-order valence-corrected chi connectivity index (χ4v) is 5.06. The zero-order valence-corrected chi connectivity index (χ0v) is 24.2. The van der Waals surface area contributed by atoms with Gasteiger partial charge in [0.25, 0.3) is 5.56 Å². The monoisotopic (exact) mass is 581 g/mol. The average molecular weight is 582 g/mol. The van der Waals surface area contributed by atoms with Crippen molar-refractivity contribution in [3.63, 3.8) is 0 Å². The number of piperidine rings is 1. The van der Waals surface area contributed by atoms with Crippen LogP contribution in [0.1, 0.15) is 68.8 Å². The first-order valence-corrected chi connectivity index (χ1v) is 14.2. The van der Waals surface area contributed by atoms with Gasteiger partial charge in [-0.25, -0.2) is 18.3 Å². The lowest BCUT2D eigenvalue weighted by Crippen LogP contribution is -2.42. The Morgan fingerprint density at radius 1 is 1.05 bits per heavy atom. The molecule has 1 fully saturated rings. The van der Waals surface area contributed by atoms with Crippen LogP contribution in [0.2, 0.25) is 0 Å². The molecule has 224 valence electrons. The molecule has 4 rings (SSSR count). The second kappa shape index (κ2) is 13.4. The second-order valence-corrected chi connectivity index (χ2v) is 11.8. The largest absolute Gasteiger partial charge is 0.444 e. The summed E-state index contributed by atoms with van der Waals surface area (Å²) in [5, 5.41) is 14.9. The lowest BCUT2D eigenvalue weighted by Gasteiger charge is -2.34. The van der Waals surface area contributed by atoms with E-state index in [1.165, 1.54) is 16.8 Å². The number of carbonyl (C=O) groups excluding carboxylic acids is 2. The molecule has 1 aliphatic rings. The molecule has 0 bridgehead atoms. The molecule has 1 unspecified atom stereocenters. The molecule has 0 spiro atoms. The topological polar surface area (TPSA) is 102 Å². The molecule has 42 heavy (non-hydrogen) atoms. The maximum atomic E-state index is 13.7. The van der Waals surface area contributed by atoms with Crippen molar-refractivity contribution in [3.05, 3.63) is 87.7 Å². The van der Waals surface area contributed by atoms with Crippen LogP contribution in [-0.2, 0) is 11.3 Å². The molecule has 8 nitrogen and oxygen atoms in total. The highest BCUT2D eigenvalue weighted by molar-refractivity contribution is 5.96. The van der Waals surface area contributed by atoms with Crippen molar-refractivity contribution < 1.29 is 28.2 Å². The van der Waals surface area contributed by atoms with Gasteiger partial charge in [0, 0.05) is 42.8 Å². The van der Waals surface area contributed by atoms with E-state index in [2.05, 4.69) is 5.10 Å². The van der Waals surface area contributed by atoms with E-state index in [0.717, 1.165) is 31.0 Å². The van der Waals surface area contributed by atoms with Crippen LogP contribution < -0.4 is 5.56 Å². The van der Waals surface area contributed by atoms with Crippen molar-refractivity contribution in [2.45, 2.75) is 71.1 Å². The molecule has 1 N–H and O–H groups in total. The van der Waals surface area contributed by atoms with E-state index < -0.39 is 28.9 Å². The van der Waals surface area contributed by atoms with Crippen molar-refractivity contribution in [2.24, 2.45) is 5.92 Å². The summed E-state index contributed by atoms with van der Waals surface area (Å²) < 4.78 is 34.0. The predicted molar refractivity (Wildman–Crippen MR) is 154 cm³/mol. The van der Waals surface area contributed by atoms with Crippen LogP contribution in [-0.4, -0.2) is 56.5 Å². The van der Waals surface area contributed by atoms with E-state index in [9.17, 15) is 28.3 Å². The number of likely N-dealkylation sites (tertiary alicyclic amines) is 1. The second-order valence-electron chi connectivity index (χ2n) is 11.8. The normalized spacial score (nSPS) is 15.0. The minimum absolute atomic E-state index is 0.0657. The summed E-state index contributed by atoms with van der Waals surface area (Å²) in [7, 11) is 0. The third-order valence-electron chi connectivity index (χ3n) is 7.18. The van der Waals surface area contributed by atoms with Gasteiger partial charge in [-0.05, 0) is 82.2 Å². The number of amides is 1. The Kier molecular flexibility index (Phi) is 9.88. The SMILES string of the molecule is CC(C)(C)OC(=O)N1CCC(CC(O)CCC(=O)c2cccc(Cn3nc(-c4cc(F)cc(F)c4)ccc3=O)c2)CC1. The van der Waals surface area contributed by atoms with Gasteiger partial charge in [0.1, 0.15) is 17.2 Å². The van der Waals surface area contributed by atoms with E-state index in [4.69, 9.17) is 4.74 Å². The molecule has 1 aliphatic heterocycles. The highest BCUT2D eigenvalue weighted by Gasteiger charge is 2.28. The number of benzene rings is 2. The maximum absolute atomic E-state index is 13.7. The lowest BCUT2D eigenvalue weighted by atomic mass is 9.89. The van der Waals surface area contributed by atoms with Crippen LogP contribution in [0.15, 0.2) is 59.4 Å². The van der Waals surface area contributed by atoms with Crippen LogP contribution in [0.4, 0.5) is 13.6 Å². The average Bonchev–Trinajstić information content (AvgIpc) is 2.92. The van der Waals surface area contributed by atoms with Gasteiger partial charge in [0.05, 0.1) is 18.3 Å². The van der Waals surface area contributed by atoms with E-state index in [1.54, 1.807) is 29.2 Å².